The molecule has 1 aromatic heterocycles. The Hall–Kier alpha value is -3.36. The van der Waals surface area contributed by atoms with E-state index in [4.69, 9.17) is 11.6 Å². The SMILES string of the molecule is Cc1cc(Cl)ccc1N1CCN(C(=O)C(C)(C)C)C[C@H]1c1ccc(-c2cccnc2C#N)cc1. The molecule has 2 aromatic carbocycles. The zero-order valence-corrected chi connectivity index (χ0v) is 20.8. The number of amides is 1. The molecule has 6 heteroatoms. The summed E-state index contributed by atoms with van der Waals surface area (Å²) in [6.45, 7) is 9.99. The zero-order valence-electron chi connectivity index (χ0n) is 20.0. The summed E-state index contributed by atoms with van der Waals surface area (Å²) in [4.78, 5) is 21.6. The van der Waals surface area contributed by atoms with E-state index in [1.807, 2.05) is 62.1 Å². The van der Waals surface area contributed by atoms with Crippen molar-refractivity contribution < 1.29 is 4.79 Å². The van der Waals surface area contributed by atoms with Crippen LogP contribution in [0.5, 0.6) is 0 Å². The van der Waals surface area contributed by atoms with Gasteiger partial charge in [0.25, 0.3) is 0 Å². The molecule has 1 saturated heterocycles. The van der Waals surface area contributed by atoms with Crippen LogP contribution < -0.4 is 4.90 Å². The van der Waals surface area contributed by atoms with Crippen LogP contribution in [0.4, 0.5) is 5.69 Å². The minimum absolute atomic E-state index is 0.00156. The van der Waals surface area contributed by atoms with Gasteiger partial charge in [0.05, 0.1) is 6.04 Å². The molecule has 0 N–H and O–H groups in total. The van der Waals surface area contributed by atoms with Crippen molar-refractivity contribution in [2.75, 3.05) is 24.5 Å². The van der Waals surface area contributed by atoms with Crippen LogP contribution in [0.3, 0.4) is 0 Å². The number of aromatic nitrogens is 1. The number of halogens is 1. The third kappa shape index (κ3) is 4.78. The molecule has 1 aliphatic heterocycles. The van der Waals surface area contributed by atoms with Gasteiger partial charge in [0.1, 0.15) is 11.8 Å². The van der Waals surface area contributed by atoms with Gasteiger partial charge in [-0.25, -0.2) is 4.98 Å². The normalized spacial score (nSPS) is 16.3. The molecular formula is C28H29ClN4O. The van der Waals surface area contributed by atoms with E-state index in [0.717, 1.165) is 34.5 Å². The molecule has 1 amide bonds. The van der Waals surface area contributed by atoms with Gasteiger partial charge >= 0.3 is 0 Å². The van der Waals surface area contributed by atoms with Crippen molar-refractivity contribution in [2.45, 2.75) is 33.7 Å². The molecule has 3 aromatic rings. The van der Waals surface area contributed by atoms with E-state index >= 15 is 0 Å². The van der Waals surface area contributed by atoms with Gasteiger partial charge in [-0.2, -0.15) is 5.26 Å². The fourth-order valence-corrected chi connectivity index (χ4v) is 4.80. The summed E-state index contributed by atoms with van der Waals surface area (Å²) < 4.78 is 0. The molecule has 0 spiro atoms. The minimum Gasteiger partial charge on any atom is -0.361 e. The lowest BCUT2D eigenvalue weighted by Gasteiger charge is -2.45. The molecule has 5 nitrogen and oxygen atoms in total. The quantitative estimate of drug-likeness (QED) is 0.467. The first-order chi connectivity index (χ1) is 16.2. The maximum atomic E-state index is 13.1. The second kappa shape index (κ2) is 9.48. The monoisotopic (exact) mass is 472 g/mol. The van der Waals surface area contributed by atoms with E-state index < -0.39 is 5.41 Å². The number of aryl methyl sites for hydroxylation is 1. The predicted molar refractivity (Wildman–Crippen MR) is 137 cm³/mol. The highest BCUT2D eigenvalue weighted by Crippen LogP contribution is 2.36. The van der Waals surface area contributed by atoms with Gasteiger partial charge in [0.15, 0.2) is 0 Å². The number of carbonyl (C=O) groups is 1. The number of nitriles is 1. The Morgan fingerprint density at radius 2 is 1.85 bits per heavy atom. The molecule has 1 atom stereocenters. The molecule has 4 rings (SSSR count). The highest BCUT2D eigenvalue weighted by molar-refractivity contribution is 6.30. The summed E-state index contributed by atoms with van der Waals surface area (Å²) in [6, 6.07) is 20.1. The Kier molecular flexibility index (Phi) is 6.63. The van der Waals surface area contributed by atoms with Crippen molar-refractivity contribution in [3.63, 3.8) is 0 Å². The third-order valence-electron chi connectivity index (χ3n) is 6.30. The van der Waals surface area contributed by atoms with Crippen molar-refractivity contribution in [3.8, 4) is 17.2 Å². The van der Waals surface area contributed by atoms with Crippen LogP contribution in [-0.4, -0.2) is 35.4 Å². The average molecular weight is 473 g/mol. The van der Waals surface area contributed by atoms with Gasteiger partial charge in [-0.1, -0.05) is 56.6 Å². The number of piperazine rings is 1. The lowest BCUT2D eigenvalue weighted by Crippen LogP contribution is -2.53. The number of pyridine rings is 1. The number of hydrogen-bond acceptors (Lipinski definition) is 4. The first-order valence-corrected chi connectivity index (χ1v) is 11.8. The maximum Gasteiger partial charge on any atom is 0.228 e. The smallest absolute Gasteiger partial charge is 0.228 e. The van der Waals surface area contributed by atoms with Gasteiger partial charge in [-0.05, 0) is 53.9 Å². The van der Waals surface area contributed by atoms with Gasteiger partial charge < -0.3 is 9.80 Å². The van der Waals surface area contributed by atoms with E-state index in [1.54, 1.807) is 6.20 Å². The summed E-state index contributed by atoms with van der Waals surface area (Å²) in [5.41, 5.74) is 5.09. The van der Waals surface area contributed by atoms with E-state index in [0.29, 0.717) is 23.8 Å². The van der Waals surface area contributed by atoms with Crippen LogP contribution >= 0.6 is 11.6 Å². The largest absolute Gasteiger partial charge is 0.361 e. The summed E-state index contributed by atoms with van der Waals surface area (Å²) in [5.74, 6) is 0.163. The lowest BCUT2D eigenvalue weighted by molar-refractivity contribution is -0.140. The fourth-order valence-electron chi connectivity index (χ4n) is 4.57. The van der Waals surface area contributed by atoms with Gasteiger partial charge in [0.2, 0.25) is 5.91 Å². The third-order valence-corrected chi connectivity index (χ3v) is 6.53. The van der Waals surface area contributed by atoms with Crippen LogP contribution in [0.1, 0.15) is 43.6 Å². The van der Waals surface area contributed by atoms with Crippen molar-refractivity contribution in [2.24, 2.45) is 5.41 Å². The number of carbonyl (C=O) groups excluding carboxylic acids is 1. The number of rotatable bonds is 3. The van der Waals surface area contributed by atoms with Crippen LogP contribution in [0.15, 0.2) is 60.8 Å². The molecule has 0 radical (unpaired) electrons. The molecule has 1 fully saturated rings. The summed E-state index contributed by atoms with van der Waals surface area (Å²) in [5, 5.41) is 10.1. The molecule has 1 aliphatic rings. The Bertz CT molecular complexity index is 1240. The van der Waals surface area contributed by atoms with E-state index in [1.165, 1.54) is 0 Å². The van der Waals surface area contributed by atoms with Crippen LogP contribution in [0.25, 0.3) is 11.1 Å². The van der Waals surface area contributed by atoms with Crippen molar-refractivity contribution in [1.29, 1.82) is 5.26 Å². The number of nitrogens with zero attached hydrogens (tertiary/aromatic N) is 4. The zero-order chi connectivity index (χ0) is 24.5. The Labute approximate surface area is 206 Å². The Morgan fingerprint density at radius 3 is 2.50 bits per heavy atom. The standard InChI is InChI=1S/C28H29ClN4O/c1-19-16-22(29)11-12-25(19)33-15-14-32(27(34)28(2,3)4)18-26(33)21-9-7-20(8-10-21)23-6-5-13-31-24(23)17-30/h5-13,16,26H,14-15,18H2,1-4H3/t26-/m0/s1. The molecule has 0 bridgehead atoms. The van der Waals surface area contributed by atoms with E-state index in [2.05, 4.69) is 41.1 Å². The highest BCUT2D eigenvalue weighted by atomic mass is 35.5. The van der Waals surface area contributed by atoms with Crippen LogP contribution in [0.2, 0.25) is 5.02 Å². The lowest BCUT2D eigenvalue weighted by atomic mass is 9.92. The van der Waals surface area contributed by atoms with Crippen molar-refractivity contribution in [3.05, 3.63) is 82.6 Å². The van der Waals surface area contributed by atoms with Crippen LogP contribution in [0, 0.1) is 23.7 Å². The first-order valence-electron chi connectivity index (χ1n) is 11.5. The molecule has 174 valence electrons. The molecule has 0 unspecified atom stereocenters. The van der Waals surface area contributed by atoms with E-state index in [-0.39, 0.29) is 11.9 Å². The Balaban J connectivity index is 1.71. The number of benzene rings is 2. The van der Waals surface area contributed by atoms with Gasteiger partial charge in [-0.3, -0.25) is 4.79 Å². The topological polar surface area (TPSA) is 60.2 Å². The van der Waals surface area contributed by atoms with Gasteiger partial charge in [0, 0.05) is 47.5 Å². The number of hydrogen-bond donors (Lipinski definition) is 0. The van der Waals surface area contributed by atoms with Crippen molar-refractivity contribution in [1.82, 2.24) is 9.88 Å². The summed E-state index contributed by atoms with van der Waals surface area (Å²) in [7, 11) is 0. The highest BCUT2D eigenvalue weighted by Gasteiger charge is 2.35. The molecule has 0 aliphatic carbocycles. The molecule has 2 heterocycles. The summed E-state index contributed by atoms with van der Waals surface area (Å²) in [6.07, 6.45) is 1.63. The number of anilines is 1. The first kappa shape index (κ1) is 23.8. The molecular weight excluding hydrogens is 444 g/mol. The van der Waals surface area contributed by atoms with Crippen LogP contribution in [-0.2, 0) is 4.79 Å². The molecule has 34 heavy (non-hydrogen) atoms. The predicted octanol–water partition coefficient (Wildman–Crippen LogP) is 6.02. The van der Waals surface area contributed by atoms with E-state index in [9.17, 15) is 10.1 Å². The minimum atomic E-state index is -0.430. The molecule has 0 saturated carbocycles. The maximum absolute atomic E-state index is 13.1. The fraction of sp³-hybridized carbons (Fsp3) is 0.321. The van der Waals surface area contributed by atoms with Gasteiger partial charge in [-0.15, -0.1) is 0 Å². The average Bonchev–Trinajstić information content (AvgIpc) is 2.83. The summed E-state index contributed by atoms with van der Waals surface area (Å²) >= 11 is 6.23. The van der Waals surface area contributed by atoms with Crippen molar-refractivity contribution >= 4 is 23.2 Å². The second-order valence-corrected chi connectivity index (χ2v) is 10.2. The Morgan fingerprint density at radius 1 is 1.12 bits per heavy atom. The second-order valence-electron chi connectivity index (χ2n) is 9.77.